The van der Waals surface area contributed by atoms with E-state index in [9.17, 15) is 8.78 Å². The summed E-state index contributed by atoms with van der Waals surface area (Å²) in [5.74, 6) is -1.05. The van der Waals surface area contributed by atoms with Crippen LogP contribution in [0.1, 0.15) is 18.4 Å². The highest BCUT2D eigenvalue weighted by molar-refractivity contribution is 5.17. The zero-order valence-corrected chi connectivity index (χ0v) is 9.50. The summed E-state index contributed by atoms with van der Waals surface area (Å²) in [6.45, 7) is 2.08. The van der Waals surface area contributed by atoms with Crippen molar-refractivity contribution in [3.8, 4) is 6.07 Å². The number of likely N-dealkylation sites (tertiary alicyclic amines) is 1. The minimum absolute atomic E-state index is 0.0437. The number of piperidine rings is 1. The summed E-state index contributed by atoms with van der Waals surface area (Å²) in [6.07, 6.45) is 1.89. The van der Waals surface area contributed by atoms with Gasteiger partial charge in [0.2, 0.25) is 0 Å². The van der Waals surface area contributed by atoms with E-state index in [0.717, 1.165) is 25.5 Å². The molecule has 1 aliphatic rings. The molecule has 17 heavy (non-hydrogen) atoms. The monoisotopic (exact) mass is 236 g/mol. The number of rotatable bonds is 2. The van der Waals surface area contributed by atoms with Gasteiger partial charge < -0.3 is 0 Å². The van der Waals surface area contributed by atoms with Crippen LogP contribution in [0.4, 0.5) is 8.78 Å². The Morgan fingerprint density at radius 1 is 1.29 bits per heavy atom. The van der Waals surface area contributed by atoms with Crippen LogP contribution in [-0.2, 0) is 6.54 Å². The highest BCUT2D eigenvalue weighted by Crippen LogP contribution is 2.18. The van der Waals surface area contributed by atoms with E-state index in [1.807, 2.05) is 0 Å². The Hall–Kier alpha value is -1.47. The summed E-state index contributed by atoms with van der Waals surface area (Å²) in [6, 6.07) is 5.82. The number of hydrogen-bond acceptors (Lipinski definition) is 2. The molecule has 0 aromatic heterocycles. The topological polar surface area (TPSA) is 27.0 Å². The predicted octanol–water partition coefficient (Wildman–Crippen LogP) is 2.70. The van der Waals surface area contributed by atoms with Crippen LogP contribution >= 0.6 is 0 Å². The largest absolute Gasteiger partial charge is 0.298 e. The van der Waals surface area contributed by atoms with E-state index in [1.54, 1.807) is 0 Å². The number of halogens is 2. The van der Waals surface area contributed by atoms with Gasteiger partial charge in [-0.2, -0.15) is 5.26 Å². The molecule has 1 saturated heterocycles. The van der Waals surface area contributed by atoms with E-state index < -0.39 is 11.6 Å². The number of hydrogen-bond donors (Lipinski definition) is 0. The Morgan fingerprint density at radius 3 is 2.65 bits per heavy atom. The minimum Gasteiger partial charge on any atom is -0.298 e. The van der Waals surface area contributed by atoms with Crippen molar-refractivity contribution in [3.05, 3.63) is 35.4 Å². The molecule has 1 atom stereocenters. The lowest BCUT2D eigenvalue weighted by atomic mass is 9.99. The van der Waals surface area contributed by atoms with Gasteiger partial charge in [-0.1, -0.05) is 0 Å². The average Bonchev–Trinajstić information content (AvgIpc) is 2.28. The van der Waals surface area contributed by atoms with Crippen LogP contribution in [0.25, 0.3) is 0 Å². The highest BCUT2D eigenvalue weighted by Gasteiger charge is 2.19. The Morgan fingerprint density at radius 2 is 2.00 bits per heavy atom. The van der Waals surface area contributed by atoms with Gasteiger partial charge in [-0.25, -0.2) is 8.78 Å². The van der Waals surface area contributed by atoms with Gasteiger partial charge in [-0.05, 0) is 37.1 Å². The summed E-state index contributed by atoms with van der Waals surface area (Å²) in [7, 11) is 0. The smallest absolute Gasteiger partial charge is 0.126 e. The lowest BCUT2D eigenvalue weighted by Gasteiger charge is -2.29. The maximum absolute atomic E-state index is 13.0. The first-order valence-electron chi connectivity index (χ1n) is 5.74. The van der Waals surface area contributed by atoms with Gasteiger partial charge in [0.25, 0.3) is 0 Å². The number of nitrogens with zero attached hydrogens (tertiary/aromatic N) is 2. The SMILES string of the molecule is N#CC1CCCN(Cc2cc(F)cc(F)c2)C1. The van der Waals surface area contributed by atoms with Crippen molar-refractivity contribution < 1.29 is 8.78 Å². The molecule has 2 nitrogen and oxygen atoms in total. The van der Waals surface area contributed by atoms with Crippen molar-refractivity contribution in [1.29, 1.82) is 5.26 Å². The Kier molecular flexibility index (Phi) is 3.70. The molecule has 0 amide bonds. The summed E-state index contributed by atoms with van der Waals surface area (Å²) >= 11 is 0. The molecule has 0 N–H and O–H groups in total. The highest BCUT2D eigenvalue weighted by atomic mass is 19.1. The van der Waals surface area contributed by atoms with Gasteiger partial charge in [0, 0.05) is 19.2 Å². The van der Waals surface area contributed by atoms with Gasteiger partial charge in [0.05, 0.1) is 12.0 Å². The second kappa shape index (κ2) is 5.24. The fourth-order valence-corrected chi connectivity index (χ4v) is 2.26. The van der Waals surface area contributed by atoms with Gasteiger partial charge in [0.1, 0.15) is 11.6 Å². The molecule has 1 aromatic rings. The first kappa shape index (κ1) is 12.0. The minimum atomic E-state index is -0.547. The Balaban J connectivity index is 2.03. The van der Waals surface area contributed by atoms with Gasteiger partial charge in [-0.3, -0.25) is 4.90 Å². The molecule has 0 aliphatic carbocycles. The molecule has 1 fully saturated rings. The lowest BCUT2D eigenvalue weighted by molar-refractivity contribution is 0.192. The van der Waals surface area contributed by atoms with Crippen molar-refractivity contribution in [2.75, 3.05) is 13.1 Å². The first-order chi connectivity index (χ1) is 8.17. The molecule has 1 aromatic carbocycles. The van der Waals surface area contributed by atoms with Crippen LogP contribution in [0, 0.1) is 28.9 Å². The number of nitriles is 1. The number of benzene rings is 1. The van der Waals surface area contributed by atoms with E-state index in [0.29, 0.717) is 18.7 Å². The fraction of sp³-hybridized carbons (Fsp3) is 0.462. The molecule has 0 saturated carbocycles. The molecule has 2 rings (SSSR count). The molecule has 90 valence electrons. The molecule has 0 radical (unpaired) electrons. The van der Waals surface area contributed by atoms with Crippen molar-refractivity contribution in [2.24, 2.45) is 5.92 Å². The Labute approximate surface area is 99.5 Å². The standard InChI is InChI=1S/C13H14F2N2/c14-12-4-11(5-13(15)6-12)9-17-3-1-2-10(7-16)8-17/h4-6,10H,1-3,8-9H2. The van der Waals surface area contributed by atoms with Crippen molar-refractivity contribution in [2.45, 2.75) is 19.4 Å². The lowest BCUT2D eigenvalue weighted by Crippen LogP contribution is -2.34. The quantitative estimate of drug-likeness (QED) is 0.789. The fourth-order valence-electron chi connectivity index (χ4n) is 2.26. The van der Waals surface area contributed by atoms with E-state index >= 15 is 0 Å². The molecule has 1 aliphatic heterocycles. The Bertz CT molecular complexity index is 419. The normalized spacial score (nSPS) is 21.1. The summed E-state index contributed by atoms with van der Waals surface area (Å²) in [4.78, 5) is 2.08. The van der Waals surface area contributed by atoms with E-state index in [2.05, 4.69) is 11.0 Å². The molecule has 0 bridgehead atoms. The van der Waals surface area contributed by atoms with Crippen LogP contribution in [0.15, 0.2) is 18.2 Å². The molecule has 4 heteroatoms. The maximum Gasteiger partial charge on any atom is 0.126 e. The maximum atomic E-state index is 13.0. The van der Waals surface area contributed by atoms with Gasteiger partial charge in [-0.15, -0.1) is 0 Å². The van der Waals surface area contributed by atoms with Crippen LogP contribution < -0.4 is 0 Å². The van der Waals surface area contributed by atoms with Crippen molar-refractivity contribution >= 4 is 0 Å². The second-order valence-corrected chi connectivity index (χ2v) is 4.48. The second-order valence-electron chi connectivity index (χ2n) is 4.48. The predicted molar refractivity (Wildman–Crippen MR) is 60.0 cm³/mol. The van der Waals surface area contributed by atoms with E-state index in [-0.39, 0.29) is 5.92 Å². The van der Waals surface area contributed by atoms with Crippen molar-refractivity contribution in [1.82, 2.24) is 4.90 Å². The van der Waals surface area contributed by atoms with Crippen LogP contribution in [0.2, 0.25) is 0 Å². The summed E-state index contributed by atoms with van der Waals surface area (Å²) < 4.78 is 26.0. The van der Waals surface area contributed by atoms with Gasteiger partial charge >= 0.3 is 0 Å². The van der Waals surface area contributed by atoms with Crippen molar-refractivity contribution in [3.63, 3.8) is 0 Å². The van der Waals surface area contributed by atoms with E-state index in [4.69, 9.17) is 5.26 Å². The molecular formula is C13H14F2N2. The zero-order valence-electron chi connectivity index (χ0n) is 9.50. The zero-order chi connectivity index (χ0) is 12.3. The van der Waals surface area contributed by atoms with Crippen LogP contribution in [0.5, 0.6) is 0 Å². The summed E-state index contributed by atoms with van der Waals surface area (Å²) in [5, 5.41) is 8.87. The third-order valence-corrected chi connectivity index (χ3v) is 3.02. The summed E-state index contributed by atoms with van der Waals surface area (Å²) in [5.41, 5.74) is 0.626. The van der Waals surface area contributed by atoms with Gasteiger partial charge in [0.15, 0.2) is 0 Å². The average molecular weight is 236 g/mol. The van der Waals surface area contributed by atoms with E-state index in [1.165, 1.54) is 12.1 Å². The molecule has 1 heterocycles. The third-order valence-electron chi connectivity index (χ3n) is 3.02. The molecule has 0 spiro atoms. The molecule has 1 unspecified atom stereocenters. The van der Waals surface area contributed by atoms with Crippen LogP contribution in [0.3, 0.4) is 0 Å². The van der Waals surface area contributed by atoms with Crippen LogP contribution in [-0.4, -0.2) is 18.0 Å². The first-order valence-corrected chi connectivity index (χ1v) is 5.74. The third kappa shape index (κ3) is 3.24. The molecular weight excluding hydrogens is 222 g/mol.